The van der Waals surface area contributed by atoms with Gasteiger partial charge in [0.05, 0.1) is 6.42 Å². The fourth-order valence-electron chi connectivity index (χ4n) is 4.12. The third kappa shape index (κ3) is 4.51. The summed E-state index contributed by atoms with van der Waals surface area (Å²) in [6, 6.07) is -3.05. The Bertz CT molecular complexity index is 711. The molecule has 3 rings (SSSR count). The van der Waals surface area contributed by atoms with Crippen molar-refractivity contribution in [1.82, 2.24) is 20.4 Å². The number of hydrogen-bond donors (Lipinski definition) is 2. The van der Waals surface area contributed by atoms with E-state index in [1.807, 2.05) is 0 Å². The van der Waals surface area contributed by atoms with E-state index in [0.29, 0.717) is 38.8 Å². The Hall–Kier alpha value is -2.65. The SMILES string of the molecule is C[C@@H]1NC(=O)[C@@H]2CCCN2C(=O)CCOC(=O)[C@@H]2CCCN2C(=O)[C@H](C)NC1=O. The molecule has 0 aromatic heterocycles. The van der Waals surface area contributed by atoms with Crippen molar-refractivity contribution in [1.29, 1.82) is 0 Å². The topological polar surface area (TPSA) is 125 Å². The fraction of sp³-hybridized carbons (Fsp3) is 0.737. The zero-order chi connectivity index (χ0) is 21.1. The number of carbonyl (C=O) groups excluding carboxylic acids is 5. The van der Waals surface area contributed by atoms with Gasteiger partial charge >= 0.3 is 5.97 Å². The van der Waals surface area contributed by atoms with E-state index in [0.717, 1.165) is 0 Å². The van der Waals surface area contributed by atoms with Gasteiger partial charge in [-0.05, 0) is 39.5 Å². The Balaban J connectivity index is 1.80. The van der Waals surface area contributed by atoms with Crippen LogP contribution in [0.1, 0.15) is 46.0 Å². The number of ether oxygens (including phenoxy) is 1. The number of hydrogen-bond acceptors (Lipinski definition) is 6. The van der Waals surface area contributed by atoms with Crippen LogP contribution in [-0.4, -0.2) is 83.3 Å². The first kappa shape index (κ1) is 21.1. The average Bonchev–Trinajstić information content (AvgIpc) is 3.35. The van der Waals surface area contributed by atoms with Gasteiger partial charge < -0.3 is 25.2 Å². The predicted molar refractivity (Wildman–Crippen MR) is 100 cm³/mol. The molecule has 3 aliphatic rings. The lowest BCUT2D eigenvalue weighted by atomic mass is 10.1. The Labute approximate surface area is 169 Å². The molecule has 0 radical (unpaired) electrons. The van der Waals surface area contributed by atoms with Crippen molar-refractivity contribution in [2.45, 2.75) is 70.1 Å². The quantitative estimate of drug-likeness (QED) is 0.492. The third-order valence-electron chi connectivity index (χ3n) is 5.73. The van der Waals surface area contributed by atoms with Crippen LogP contribution in [0, 0.1) is 0 Å². The number of amides is 4. The Kier molecular flexibility index (Phi) is 6.39. The molecule has 0 saturated carbocycles. The molecule has 0 unspecified atom stereocenters. The van der Waals surface area contributed by atoms with Gasteiger partial charge in [0.25, 0.3) is 0 Å². The van der Waals surface area contributed by atoms with E-state index < -0.39 is 42.0 Å². The van der Waals surface area contributed by atoms with Gasteiger partial charge in [-0.3, -0.25) is 19.2 Å². The maximum atomic E-state index is 12.7. The molecule has 3 heterocycles. The summed E-state index contributed by atoms with van der Waals surface area (Å²) in [5, 5.41) is 5.24. The molecule has 29 heavy (non-hydrogen) atoms. The maximum absolute atomic E-state index is 12.7. The molecular formula is C19H28N4O6. The molecular weight excluding hydrogens is 380 g/mol. The lowest BCUT2D eigenvalue weighted by Crippen LogP contribution is -2.56. The van der Waals surface area contributed by atoms with Gasteiger partial charge in [0.15, 0.2) is 0 Å². The number of cyclic esters (lactones) is 1. The van der Waals surface area contributed by atoms with E-state index in [1.165, 1.54) is 16.7 Å². The number of nitrogens with zero attached hydrogens (tertiary/aromatic N) is 2. The van der Waals surface area contributed by atoms with Crippen LogP contribution in [0.3, 0.4) is 0 Å². The van der Waals surface area contributed by atoms with E-state index in [-0.39, 0.29) is 24.8 Å². The van der Waals surface area contributed by atoms with E-state index >= 15 is 0 Å². The van der Waals surface area contributed by atoms with Gasteiger partial charge in [-0.25, -0.2) is 4.79 Å². The van der Waals surface area contributed by atoms with Gasteiger partial charge in [0.2, 0.25) is 23.6 Å². The first-order valence-corrected chi connectivity index (χ1v) is 10.2. The van der Waals surface area contributed by atoms with Crippen LogP contribution in [0.15, 0.2) is 0 Å². The summed E-state index contributed by atoms with van der Waals surface area (Å²) in [5.41, 5.74) is 0. The largest absolute Gasteiger partial charge is 0.464 e. The highest BCUT2D eigenvalue weighted by Gasteiger charge is 2.39. The summed E-state index contributed by atoms with van der Waals surface area (Å²) in [6.45, 7) is 3.84. The molecule has 0 spiro atoms. The highest BCUT2D eigenvalue weighted by Crippen LogP contribution is 2.21. The summed E-state index contributed by atoms with van der Waals surface area (Å²) < 4.78 is 5.26. The average molecular weight is 408 g/mol. The Morgan fingerprint density at radius 1 is 0.828 bits per heavy atom. The normalized spacial score (nSPS) is 32.4. The van der Waals surface area contributed by atoms with Crippen molar-refractivity contribution in [3.05, 3.63) is 0 Å². The Morgan fingerprint density at radius 2 is 1.45 bits per heavy atom. The van der Waals surface area contributed by atoms with E-state index in [1.54, 1.807) is 6.92 Å². The summed E-state index contributed by atoms with van der Waals surface area (Å²) in [5.74, 6) is -2.09. The van der Waals surface area contributed by atoms with Crippen molar-refractivity contribution in [3.8, 4) is 0 Å². The molecule has 0 aromatic carbocycles. The molecule has 3 aliphatic heterocycles. The van der Waals surface area contributed by atoms with E-state index in [2.05, 4.69) is 10.6 Å². The van der Waals surface area contributed by atoms with Gasteiger partial charge in [0, 0.05) is 13.1 Å². The van der Waals surface area contributed by atoms with Gasteiger partial charge in [-0.1, -0.05) is 0 Å². The highest BCUT2D eigenvalue weighted by atomic mass is 16.5. The molecule has 4 atom stereocenters. The third-order valence-corrected chi connectivity index (χ3v) is 5.73. The van der Waals surface area contributed by atoms with Crippen LogP contribution >= 0.6 is 0 Å². The van der Waals surface area contributed by atoms with Crippen LogP contribution < -0.4 is 10.6 Å². The molecule has 4 amide bonds. The van der Waals surface area contributed by atoms with Crippen molar-refractivity contribution >= 4 is 29.6 Å². The molecule has 2 N–H and O–H groups in total. The minimum absolute atomic E-state index is 0.0252. The first-order chi connectivity index (χ1) is 13.8. The minimum atomic E-state index is -0.859. The molecule has 160 valence electrons. The molecule has 0 aliphatic carbocycles. The van der Waals surface area contributed by atoms with Crippen molar-refractivity contribution < 1.29 is 28.7 Å². The fourth-order valence-corrected chi connectivity index (χ4v) is 4.12. The molecule has 10 heteroatoms. The second kappa shape index (κ2) is 8.79. The van der Waals surface area contributed by atoms with E-state index in [4.69, 9.17) is 4.74 Å². The molecule has 3 saturated heterocycles. The number of fused-ring (bicyclic) bond motifs is 2. The summed E-state index contributed by atoms with van der Waals surface area (Å²) in [6.07, 6.45) is 2.32. The summed E-state index contributed by atoms with van der Waals surface area (Å²) in [4.78, 5) is 65.7. The van der Waals surface area contributed by atoms with Gasteiger partial charge in [-0.15, -0.1) is 0 Å². The van der Waals surface area contributed by atoms with Gasteiger partial charge in [0.1, 0.15) is 30.8 Å². The summed E-state index contributed by atoms with van der Waals surface area (Å²) in [7, 11) is 0. The zero-order valence-corrected chi connectivity index (χ0v) is 16.8. The van der Waals surface area contributed by atoms with Crippen LogP contribution in [0.25, 0.3) is 0 Å². The van der Waals surface area contributed by atoms with Crippen LogP contribution in [0.2, 0.25) is 0 Å². The standard InChI is InChI=1S/C19H28N4O6/c1-11-16(25)21-12(2)18(27)23-9-4-6-14(23)19(28)29-10-7-15(24)22-8-3-5-13(22)17(26)20-11/h11-14H,3-10H2,1-2H3,(H,20,26)(H,21,25)/t11-,12-,13-,14-/m0/s1. The number of rotatable bonds is 0. The van der Waals surface area contributed by atoms with Crippen molar-refractivity contribution in [2.75, 3.05) is 19.7 Å². The number of carbonyl (C=O) groups is 5. The number of esters is 1. The molecule has 0 bridgehead atoms. The Morgan fingerprint density at radius 3 is 2.17 bits per heavy atom. The minimum Gasteiger partial charge on any atom is -0.464 e. The van der Waals surface area contributed by atoms with Crippen LogP contribution in [0.4, 0.5) is 0 Å². The first-order valence-electron chi connectivity index (χ1n) is 10.2. The zero-order valence-electron chi connectivity index (χ0n) is 16.8. The number of nitrogens with one attached hydrogen (secondary N) is 2. The molecule has 3 fully saturated rings. The molecule has 0 aromatic rings. The van der Waals surface area contributed by atoms with Crippen LogP contribution in [0.5, 0.6) is 0 Å². The van der Waals surface area contributed by atoms with Gasteiger partial charge in [-0.2, -0.15) is 0 Å². The predicted octanol–water partition coefficient (Wildman–Crippen LogP) is -1.08. The van der Waals surface area contributed by atoms with Crippen molar-refractivity contribution in [3.63, 3.8) is 0 Å². The molecule has 10 nitrogen and oxygen atoms in total. The van der Waals surface area contributed by atoms with E-state index in [9.17, 15) is 24.0 Å². The monoisotopic (exact) mass is 408 g/mol. The van der Waals surface area contributed by atoms with Crippen LogP contribution in [-0.2, 0) is 28.7 Å². The highest BCUT2D eigenvalue weighted by molar-refractivity contribution is 5.95. The lowest BCUT2D eigenvalue weighted by Gasteiger charge is -2.29. The summed E-state index contributed by atoms with van der Waals surface area (Å²) >= 11 is 0. The maximum Gasteiger partial charge on any atom is 0.328 e. The lowest BCUT2D eigenvalue weighted by molar-refractivity contribution is -0.155. The van der Waals surface area contributed by atoms with Crippen molar-refractivity contribution in [2.24, 2.45) is 0 Å². The second-order valence-electron chi connectivity index (χ2n) is 7.81. The second-order valence-corrected chi connectivity index (χ2v) is 7.81. The smallest absolute Gasteiger partial charge is 0.328 e.